The summed E-state index contributed by atoms with van der Waals surface area (Å²) in [6, 6.07) is 2.86. The molecule has 1 saturated heterocycles. The molecule has 7 nitrogen and oxygen atoms in total. The maximum absolute atomic E-state index is 13.3. The van der Waals surface area contributed by atoms with Crippen molar-refractivity contribution < 1.29 is 22.4 Å². The highest BCUT2D eigenvalue weighted by atomic mass is 32.2. The highest BCUT2D eigenvalue weighted by molar-refractivity contribution is 7.89. The molecule has 28 heavy (non-hydrogen) atoms. The van der Waals surface area contributed by atoms with Crippen molar-refractivity contribution in [3.63, 3.8) is 0 Å². The molecule has 1 aromatic heterocycles. The number of sulfonamides is 1. The monoisotopic (exact) mass is 406 g/mol. The predicted octanol–water partition coefficient (Wildman–Crippen LogP) is 3.11. The Balaban J connectivity index is 1.81. The van der Waals surface area contributed by atoms with E-state index in [1.807, 2.05) is 26.0 Å². The Morgan fingerprint density at radius 2 is 1.86 bits per heavy atom. The van der Waals surface area contributed by atoms with Gasteiger partial charge in [0, 0.05) is 6.54 Å². The van der Waals surface area contributed by atoms with E-state index in [4.69, 9.17) is 9.15 Å². The standard InChI is InChI=1S/C20H26N2O5S/c1-12-9-13(2)19(14(3)10-12)28(24,25)22-8-6-7-17(22)20(23)26-11-18-21-15(4)16(5)27-18/h9-10,17H,6-8,11H2,1-5H3. The molecule has 1 fully saturated rings. The molecule has 0 N–H and O–H groups in total. The third kappa shape index (κ3) is 3.84. The fourth-order valence-electron chi connectivity index (χ4n) is 3.78. The predicted molar refractivity (Wildman–Crippen MR) is 103 cm³/mol. The van der Waals surface area contributed by atoms with Crippen molar-refractivity contribution in [1.29, 1.82) is 0 Å². The Morgan fingerprint density at radius 1 is 1.21 bits per heavy atom. The summed E-state index contributed by atoms with van der Waals surface area (Å²) in [5, 5.41) is 0. The summed E-state index contributed by atoms with van der Waals surface area (Å²) in [6.07, 6.45) is 1.05. The van der Waals surface area contributed by atoms with Crippen molar-refractivity contribution in [3.05, 3.63) is 46.2 Å². The zero-order valence-electron chi connectivity index (χ0n) is 16.9. The number of rotatable bonds is 5. The van der Waals surface area contributed by atoms with Crippen LogP contribution in [-0.4, -0.2) is 36.3 Å². The molecule has 1 atom stereocenters. The van der Waals surface area contributed by atoms with Crippen molar-refractivity contribution in [2.75, 3.05) is 6.54 Å². The van der Waals surface area contributed by atoms with Crippen LogP contribution in [0.1, 0.15) is 46.9 Å². The van der Waals surface area contributed by atoms with E-state index in [1.165, 1.54) is 4.31 Å². The molecule has 0 radical (unpaired) electrons. The third-order valence-electron chi connectivity index (χ3n) is 5.06. The maximum Gasteiger partial charge on any atom is 0.324 e. The number of esters is 1. The lowest BCUT2D eigenvalue weighted by Gasteiger charge is -2.24. The lowest BCUT2D eigenvalue weighted by molar-refractivity contribution is -0.149. The van der Waals surface area contributed by atoms with E-state index in [0.29, 0.717) is 42.2 Å². The summed E-state index contributed by atoms with van der Waals surface area (Å²) in [5.74, 6) is 0.402. The molecule has 152 valence electrons. The van der Waals surface area contributed by atoms with Gasteiger partial charge in [-0.15, -0.1) is 0 Å². The van der Waals surface area contributed by atoms with Crippen LogP contribution >= 0.6 is 0 Å². The molecule has 0 bridgehead atoms. The zero-order valence-corrected chi connectivity index (χ0v) is 17.7. The van der Waals surface area contributed by atoms with Gasteiger partial charge in [-0.25, -0.2) is 13.4 Å². The lowest BCUT2D eigenvalue weighted by Crippen LogP contribution is -2.41. The third-order valence-corrected chi connectivity index (χ3v) is 7.27. The van der Waals surface area contributed by atoms with Crippen LogP contribution in [0, 0.1) is 34.6 Å². The van der Waals surface area contributed by atoms with Gasteiger partial charge in [-0.05, 0) is 58.6 Å². The van der Waals surface area contributed by atoms with Gasteiger partial charge in [0.25, 0.3) is 0 Å². The van der Waals surface area contributed by atoms with E-state index < -0.39 is 22.0 Å². The van der Waals surface area contributed by atoms with Crippen molar-refractivity contribution in [1.82, 2.24) is 9.29 Å². The second-order valence-electron chi connectivity index (χ2n) is 7.36. The number of hydrogen-bond acceptors (Lipinski definition) is 6. The van der Waals surface area contributed by atoms with Gasteiger partial charge >= 0.3 is 5.97 Å². The number of oxazole rings is 1. The minimum absolute atomic E-state index is 0.111. The molecule has 2 heterocycles. The molecular formula is C20H26N2O5S. The average Bonchev–Trinajstić information content (AvgIpc) is 3.19. The van der Waals surface area contributed by atoms with Gasteiger partial charge in [0.1, 0.15) is 11.8 Å². The van der Waals surface area contributed by atoms with Crippen LogP contribution in [0.3, 0.4) is 0 Å². The molecule has 1 aromatic carbocycles. The number of aryl methyl sites for hydroxylation is 5. The summed E-state index contributed by atoms with van der Waals surface area (Å²) < 4.78 is 38.6. The fraction of sp³-hybridized carbons (Fsp3) is 0.500. The van der Waals surface area contributed by atoms with Gasteiger partial charge < -0.3 is 9.15 Å². The topological polar surface area (TPSA) is 89.7 Å². The number of nitrogens with zero attached hydrogens (tertiary/aromatic N) is 2. The first-order valence-electron chi connectivity index (χ1n) is 9.30. The van der Waals surface area contributed by atoms with E-state index in [1.54, 1.807) is 20.8 Å². The Bertz CT molecular complexity index is 967. The molecule has 8 heteroatoms. The molecule has 1 unspecified atom stereocenters. The normalized spacial score (nSPS) is 17.8. The van der Waals surface area contributed by atoms with E-state index in [9.17, 15) is 13.2 Å². The highest BCUT2D eigenvalue weighted by Crippen LogP contribution is 2.31. The van der Waals surface area contributed by atoms with Gasteiger partial charge in [-0.2, -0.15) is 4.31 Å². The minimum Gasteiger partial charge on any atom is -0.454 e. The molecule has 0 saturated carbocycles. The molecule has 0 amide bonds. The summed E-state index contributed by atoms with van der Waals surface area (Å²) >= 11 is 0. The Kier molecular flexibility index (Phi) is 5.63. The van der Waals surface area contributed by atoms with Gasteiger partial charge in [-0.3, -0.25) is 4.79 Å². The van der Waals surface area contributed by atoms with Crippen molar-refractivity contribution >= 4 is 16.0 Å². The van der Waals surface area contributed by atoms with Gasteiger partial charge in [-0.1, -0.05) is 17.7 Å². The summed E-state index contributed by atoms with van der Waals surface area (Å²) in [7, 11) is -3.80. The number of aromatic nitrogens is 1. The van der Waals surface area contributed by atoms with Crippen molar-refractivity contribution in [2.45, 2.75) is 65.0 Å². The first-order chi connectivity index (χ1) is 13.1. The van der Waals surface area contributed by atoms with Gasteiger partial charge in [0.05, 0.1) is 10.6 Å². The van der Waals surface area contributed by atoms with Crippen LogP contribution in [0.2, 0.25) is 0 Å². The largest absolute Gasteiger partial charge is 0.454 e. The van der Waals surface area contributed by atoms with Crippen LogP contribution in [0.15, 0.2) is 21.4 Å². The average molecular weight is 407 g/mol. The maximum atomic E-state index is 13.3. The van der Waals surface area contributed by atoms with Crippen LogP contribution in [0.5, 0.6) is 0 Å². The van der Waals surface area contributed by atoms with Crippen molar-refractivity contribution in [2.24, 2.45) is 0 Å². The molecule has 1 aliphatic rings. The molecule has 1 aliphatic heterocycles. The van der Waals surface area contributed by atoms with E-state index in [0.717, 1.165) is 11.3 Å². The molecule has 0 aliphatic carbocycles. The number of carbonyl (C=O) groups is 1. The smallest absolute Gasteiger partial charge is 0.324 e. The Morgan fingerprint density at radius 3 is 2.43 bits per heavy atom. The van der Waals surface area contributed by atoms with E-state index in [2.05, 4.69) is 4.98 Å². The molecule has 0 spiro atoms. The summed E-state index contributed by atoms with van der Waals surface area (Å²) in [5.41, 5.74) is 3.11. The quantitative estimate of drug-likeness (QED) is 0.709. The Labute approximate surface area is 165 Å². The Hall–Kier alpha value is -2.19. The molecule has 2 aromatic rings. The highest BCUT2D eigenvalue weighted by Gasteiger charge is 2.41. The first-order valence-corrected chi connectivity index (χ1v) is 10.7. The van der Waals surface area contributed by atoms with Crippen molar-refractivity contribution in [3.8, 4) is 0 Å². The zero-order chi connectivity index (χ0) is 20.6. The van der Waals surface area contributed by atoms with Gasteiger partial charge in [0.2, 0.25) is 15.9 Å². The van der Waals surface area contributed by atoms with Crippen LogP contribution in [-0.2, 0) is 26.2 Å². The molecular weight excluding hydrogens is 380 g/mol. The number of hydrogen-bond donors (Lipinski definition) is 0. The second kappa shape index (κ2) is 7.67. The first kappa shape index (κ1) is 20.5. The SMILES string of the molecule is Cc1cc(C)c(S(=O)(=O)N2CCCC2C(=O)OCc2nc(C)c(C)o2)c(C)c1. The van der Waals surface area contributed by atoms with E-state index in [-0.39, 0.29) is 11.5 Å². The lowest BCUT2D eigenvalue weighted by atomic mass is 10.1. The summed E-state index contributed by atoms with van der Waals surface area (Å²) in [6.45, 7) is 9.27. The van der Waals surface area contributed by atoms with Crippen LogP contribution in [0.4, 0.5) is 0 Å². The van der Waals surface area contributed by atoms with Crippen LogP contribution < -0.4 is 0 Å². The molecule has 3 rings (SSSR count). The number of carbonyl (C=O) groups excluding carboxylic acids is 1. The number of benzene rings is 1. The second-order valence-corrected chi connectivity index (χ2v) is 9.19. The van der Waals surface area contributed by atoms with E-state index >= 15 is 0 Å². The minimum atomic E-state index is -3.80. The fourth-order valence-corrected chi connectivity index (χ4v) is 5.85. The van der Waals surface area contributed by atoms with Crippen LogP contribution in [0.25, 0.3) is 0 Å². The summed E-state index contributed by atoms with van der Waals surface area (Å²) in [4.78, 5) is 17.1. The van der Waals surface area contributed by atoms with Gasteiger partial charge in [0.15, 0.2) is 6.61 Å². The number of ether oxygens (including phenoxy) is 1.